The van der Waals surface area contributed by atoms with Crippen LogP contribution in [0.15, 0.2) is 0 Å². The van der Waals surface area contributed by atoms with E-state index in [9.17, 15) is 4.79 Å². The first kappa shape index (κ1) is 34.6. The maximum absolute atomic E-state index is 12.6. The summed E-state index contributed by atoms with van der Waals surface area (Å²) < 4.78 is 6.06. The Hall–Kier alpha value is -0.570. The number of nitrogens with zero attached hydrogens (tertiary/aromatic N) is 1. The molecule has 0 N–H and O–H groups in total. The van der Waals surface area contributed by atoms with Crippen LogP contribution >= 0.6 is 0 Å². The van der Waals surface area contributed by atoms with E-state index in [0.717, 1.165) is 44.3 Å². The number of esters is 1. The zero-order valence-corrected chi connectivity index (χ0v) is 26.7. The summed E-state index contributed by atoms with van der Waals surface area (Å²) in [5, 5.41) is 0. The van der Waals surface area contributed by atoms with Gasteiger partial charge in [0.2, 0.25) is 0 Å². The van der Waals surface area contributed by atoms with Gasteiger partial charge in [0, 0.05) is 6.54 Å². The molecular formula is C36H69NO2. The maximum atomic E-state index is 12.6. The van der Waals surface area contributed by atoms with Crippen LogP contribution in [0.2, 0.25) is 0 Å². The molecule has 230 valence electrons. The minimum Gasteiger partial charge on any atom is -0.462 e. The molecule has 1 saturated carbocycles. The monoisotopic (exact) mass is 548 g/mol. The molecule has 1 saturated heterocycles. The molecule has 2 rings (SSSR count). The Kier molecular flexibility index (Phi) is 21.4. The summed E-state index contributed by atoms with van der Waals surface area (Å²) in [6, 6.07) is 0. The van der Waals surface area contributed by atoms with Gasteiger partial charge in [0.1, 0.15) is 6.10 Å². The second-order valence-electron chi connectivity index (χ2n) is 13.3. The fourth-order valence-corrected chi connectivity index (χ4v) is 6.78. The van der Waals surface area contributed by atoms with Crippen LogP contribution in [0, 0.1) is 11.8 Å². The highest BCUT2D eigenvalue weighted by Crippen LogP contribution is 2.45. The molecule has 3 atom stereocenters. The normalized spacial score (nSPS) is 20.3. The minimum absolute atomic E-state index is 0.0495. The van der Waals surface area contributed by atoms with Gasteiger partial charge in [-0.15, -0.1) is 0 Å². The standard InChI is InChI=1S/C36H69NO2/c1-3-5-7-9-11-15-20-26-35(39-36(38)28-31-37-29-22-17-23-30-37)27-21-16-12-14-19-25-34-32-33(34)24-18-13-10-8-6-4-2/h33-35H,3-32H2,1-2H3/t33-,34-,35+/m0/s1. The quantitative estimate of drug-likeness (QED) is 0.0756. The second kappa shape index (κ2) is 24.1. The number of likely N-dealkylation sites (tertiary alicyclic amines) is 1. The van der Waals surface area contributed by atoms with Crippen LogP contribution in [0.3, 0.4) is 0 Å². The summed E-state index contributed by atoms with van der Waals surface area (Å²) in [6.45, 7) is 7.80. The van der Waals surface area contributed by atoms with Crippen molar-refractivity contribution in [3.8, 4) is 0 Å². The Morgan fingerprint density at radius 3 is 1.62 bits per heavy atom. The van der Waals surface area contributed by atoms with Gasteiger partial charge >= 0.3 is 5.97 Å². The number of rotatable bonds is 27. The van der Waals surface area contributed by atoms with Gasteiger partial charge in [-0.25, -0.2) is 0 Å². The summed E-state index contributed by atoms with van der Waals surface area (Å²) in [5.74, 6) is 2.19. The Bertz CT molecular complexity index is 558. The first-order valence-corrected chi connectivity index (χ1v) is 18.1. The van der Waals surface area contributed by atoms with Gasteiger partial charge in [-0.05, 0) is 69.9 Å². The largest absolute Gasteiger partial charge is 0.462 e. The third-order valence-corrected chi connectivity index (χ3v) is 9.61. The Balaban J connectivity index is 1.51. The molecule has 0 aromatic heterocycles. The average Bonchev–Trinajstić information content (AvgIpc) is 3.71. The number of ether oxygens (including phenoxy) is 1. The van der Waals surface area contributed by atoms with Crippen LogP contribution < -0.4 is 0 Å². The summed E-state index contributed by atoms with van der Waals surface area (Å²) in [4.78, 5) is 15.1. The van der Waals surface area contributed by atoms with E-state index in [1.807, 2.05) is 0 Å². The van der Waals surface area contributed by atoms with Crippen molar-refractivity contribution in [2.24, 2.45) is 11.8 Å². The van der Waals surface area contributed by atoms with Crippen LogP contribution in [-0.2, 0) is 9.53 Å². The minimum atomic E-state index is 0.0495. The molecule has 0 aromatic rings. The second-order valence-corrected chi connectivity index (χ2v) is 13.3. The zero-order valence-electron chi connectivity index (χ0n) is 26.7. The third-order valence-electron chi connectivity index (χ3n) is 9.61. The van der Waals surface area contributed by atoms with E-state index in [1.165, 1.54) is 154 Å². The number of hydrogen-bond acceptors (Lipinski definition) is 3. The van der Waals surface area contributed by atoms with E-state index in [-0.39, 0.29) is 12.1 Å². The Labute approximate surface area is 245 Å². The zero-order chi connectivity index (χ0) is 27.8. The molecular weight excluding hydrogens is 478 g/mol. The molecule has 2 fully saturated rings. The van der Waals surface area contributed by atoms with Gasteiger partial charge in [0.05, 0.1) is 6.42 Å². The predicted molar refractivity (Wildman–Crippen MR) is 169 cm³/mol. The summed E-state index contributed by atoms with van der Waals surface area (Å²) in [6.07, 6.45) is 36.0. The highest BCUT2D eigenvalue weighted by atomic mass is 16.5. The SMILES string of the molecule is CCCCCCCCC[C@H](CCCCCCC[C@H]1C[C@@H]1CCCCCCCC)OC(=O)CCN1CCCCC1. The first-order chi connectivity index (χ1) is 19.2. The van der Waals surface area contributed by atoms with Gasteiger partial charge in [-0.1, -0.05) is 136 Å². The van der Waals surface area contributed by atoms with Crippen molar-refractivity contribution in [3.05, 3.63) is 0 Å². The lowest BCUT2D eigenvalue weighted by molar-refractivity contribution is -0.150. The van der Waals surface area contributed by atoms with E-state index in [4.69, 9.17) is 4.74 Å². The fourth-order valence-electron chi connectivity index (χ4n) is 6.78. The number of hydrogen-bond donors (Lipinski definition) is 0. The van der Waals surface area contributed by atoms with Crippen LogP contribution in [0.1, 0.15) is 187 Å². The van der Waals surface area contributed by atoms with Gasteiger partial charge < -0.3 is 9.64 Å². The van der Waals surface area contributed by atoms with E-state index in [2.05, 4.69) is 18.7 Å². The van der Waals surface area contributed by atoms with Crippen LogP contribution in [-0.4, -0.2) is 36.6 Å². The van der Waals surface area contributed by atoms with E-state index in [0.29, 0.717) is 6.42 Å². The molecule has 0 bridgehead atoms. The average molecular weight is 548 g/mol. The van der Waals surface area contributed by atoms with Crippen LogP contribution in [0.4, 0.5) is 0 Å². The van der Waals surface area contributed by atoms with E-state index < -0.39 is 0 Å². The number of piperidine rings is 1. The van der Waals surface area contributed by atoms with Crippen molar-refractivity contribution in [2.75, 3.05) is 19.6 Å². The molecule has 0 amide bonds. The molecule has 1 aliphatic carbocycles. The smallest absolute Gasteiger partial charge is 0.307 e. The van der Waals surface area contributed by atoms with Crippen LogP contribution in [0.25, 0.3) is 0 Å². The van der Waals surface area contributed by atoms with Gasteiger partial charge in [0.15, 0.2) is 0 Å². The topological polar surface area (TPSA) is 29.5 Å². The lowest BCUT2D eigenvalue weighted by atomic mass is 10.0. The molecule has 0 aromatic carbocycles. The maximum Gasteiger partial charge on any atom is 0.307 e. The van der Waals surface area contributed by atoms with Crippen molar-refractivity contribution in [3.63, 3.8) is 0 Å². The van der Waals surface area contributed by atoms with Crippen molar-refractivity contribution in [1.82, 2.24) is 4.90 Å². The highest BCUT2D eigenvalue weighted by molar-refractivity contribution is 5.69. The van der Waals surface area contributed by atoms with Gasteiger partial charge in [-0.2, -0.15) is 0 Å². The lowest BCUT2D eigenvalue weighted by Crippen LogP contribution is -2.32. The fraction of sp³-hybridized carbons (Fsp3) is 0.972. The van der Waals surface area contributed by atoms with Gasteiger partial charge in [0.25, 0.3) is 0 Å². The van der Waals surface area contributed by atoms with Crippen molar-refractivity contribution in [2.45, 2.75) is 193 Å². The number of carbonyl (C=O) groups excluding carboxylic acids is 1. The third kappa shape index (κ3) is 19.2. The van der Waals surface area contributed by atoms with E-state index >= 15 is 0 Å². The molecule has 0 spiro atoms. The van der Waals surface area contributed by atoms with Crippen molar-refractivity contribution < 1.29 is 9.53 Å². The van der Waals surface area contributed by atoms with Crippen molar-refractivity contribution in [1.29, 1.82) is 0 Å². The summed E-state index contributed by atoms with van der Waals surface area (Å²) in [7, 11) is 0. The van der Waals surface area contributed by atoms with Crippen molar-refractivity contribution >= 4 is 5.97 Å². The highest BCUT2D eigenvalue weighted by Gasteiger charge is 2.35. The number of unbranched alkanes of at least 4 members (excludes halogenated alkanes) is 15. The van der Waals surface area contributed by atoms with E-state index in [1.54, 1.807) is 0 Å². The van der Waals surface area contributed by atoms with Crippen LogP contribution in [0.5, 0.6) is 0 Å². The molecule has 3 heteroatoms. The molecule has 0 radical (unpaired) electrons. The molecule has 0 unspecified atom stereocenters. The van der Waals surface area contributed by atoms with Gasteiger partial charge in [-0.3, -0.25) is 4.79 Å². The predicted octanol–water partition coefficient (Wildman–Crippen LogP) is 11.0. The molecule has 2 aliphatic rings. The molecule has 39 heavy (non-hydrogen) atoms. The molecule has 1 aliphatic heterocycles. The molecule has 3 nitrogen and oxygen atoms in total. The summed E-state index contributed by atoms with van der Waals surface area (Å²) >= 11 is 0. The summed E-state index contributed by atoms with van der Waals surface area (Å²) in [5.41, 5.74) is 0. The lowest BCUT2D eigenvalue weighted by Gasteiger charge is -2.26. The molecule has 1 heterocycles. The number of carbonyl (C=O) groups is 1. The Morgan fingerprint density at radius 2 is 1.10 bits per heavy atom. The Morgan fingerprint density at radius 1 is 0.641 bits per heavy atom. The first-order valence-electron chi connectivity index (χ1n) is 18.1.